The lowest BCUT2D eigenvalue weighted by Gasteiger charge is -2.11. The van der Waals surface area contributed by atoms with E-state index in [-0.39, 0.29) is 0 Å². The van der Waals surface area contributed by atoms with Gasteiger partial charge < -0.3 is 4.74 Å². The largest absolute Gasteiger partial charge is 0.381 e. The predicted molar refractivity (Wildman–Crippen MR) is 69.4 cm³/mol. The molecule has 0 atom stereocenters. The van der Waals surface area contributed by atoms with Crippen LogP contribution in [0.15, 0.2) is 30.3 Å². The summed E-state index contributed by atoms with van der Waals surface area (Å²) in [5, 5.41) is 0. The quantitative estimate of drug-likeness (QED) is 0.600. The van der Waals surface area contributed by atoms with Gasteiger partial charge in [0.25, 0.3) is 0 Å². The minimum Gasteiger partial charge on any atom is -0.381 e. The SMILES string of the molecule is CC[C](CC)COCCCc1ccccc1. The maximum absolute atomic E-state index is 5.66. The van der Waals surface area contributed by atoms with Crippen molar-refractivity contribution in [2.45, 2.75) is 39.5 Å². The lowest BCUT2D eigenvalue weighted by Crippen LogP contribution is -2.06. The van der Waals surface area contributed by atoms with Crippen LogP contribution in [0.25, 0.3) is 0 Å². The van der Waals surface area contributed by atoms with Gasteiger partial charge in [-0.3, -0.25) is 0 Å². The summed E-state index contributed by atoms with van der Waals surface area (Å²) in [6.45, 7) is 6.12. The normalized spacial score (nSPS) is 10.9. The van der Waals surface area contributed by atoms with Gasteiger partial charge in [0.05, 0.1) is 6.61 Å². The summed E-state index contributed by atoms with van der Waals surface area (Å²) < 4.78 is 5.66. The molecule has 1 rings (SSSR count). The predicted octanol–water partition coefficient (Wildman–Crippen LogP) is 4.03. The molecule has 1 aromatic rings. The Morgan fingerprint density at radius 3 is 2.38 bits per heavy atom. The van der Waals surface area contributed by atoms with Crippen LogP contribution < -0.4 is 0 Å². The Balaban J connectivity index is 2.04. The van der Waals surface area contributed by atoms with Crippen molar-refractivity contribution in [1.82, 2.24) is 0 Å². The third kappa shape index (κ3) is 5.32. The van der Waals surface area contributed by atoms with E-state index in [1.165, 1.54) is 11.5 Å². The van der Waals surface area contributed by atoms with Gasteiger partial charge in [0, 0.05) is 12.5 Å². The summed E-state index contributed by atoms with van der Waals surface area (Å²) in [5.41, 5.74) is 1.40. The Bertz CT molecular complexity index is 251. The summed E-state index contributed by atoms with van der Waals surface area (Å²) in [7, 11) is 0. The molecule has 1 aromatic carbocycles. The summed E-state index contributed by atoms with van der Waals surface area (Å²) in [6.07, 6.45) is 4.53. The zero-order valence-electron chi connectivity index (χ0n) is 10.5. The zero-order valence-corrected chi connectivity index (χ0v) is 10.5. The van der Waals surface area contributed by atoms with Gasteiger partial charge in [-0.05, 0) is 31.2 Å². The van der Waals surface area contributed by atoms with Crippen LogP contribution in [0.3, 0.4) is 0 Å². The molecule has 0 aromatic heterocycles. The Labute approximate surface area is 99.8 Å². The Kier molecular flexibility index (Phi) is 6.91. The van der Waals surface area contributed by atoms with Crippen LogP contribution >= 0.6 is 0 Å². The first kappa shape index (κ1) is 13.2. The molecule has 1 radical (unpaired) electrons. The first-order valence-corrected chi connectivity index (χ1v) is 6.32. The molecule has 0 fully saturated rings. The van der Waals surface area contributed by atoms with Crippen molar-refractivity contribution in [3.63, 3.8) is 0 Å². The molecular weight excluding hydrogens is 196 g/mol. The number of ether oxygens (including phenoxy) is 1. The maximum Gasteiger partial charge on any atom is 0.0528 e. The Hall–Kier alpha value is -0.820. The van der Waals surface area contributed by atoms with Gasteiger partial charge in [-0.25, -0.2) is 0 Å². The monoisotopic (exact) mass is 219 g/mol. The molecule has 0 saturated heterocycles. The van der Waals surface area contributed by atoms with E-state index in [9.17, 15) is 0 Å². The standard InChI is InChI=1S/C15H23O/c1-3-14(4-2)13-16-12-8-11-15-9-6-5-7-10-15/h5-7,9-10H,3-4,8,11-13H2,1-2H3. The molecule has 0 bridgehead atoms. The average molecular weight is 219 g/mol. The van der Waals surface area contributed by atoms with Crippen molar-refractivity contribution in [3.05, 3.63) is 41.8 Å². The van der Waals surface area contributed by atoms with Gasteiger partial charge in [0.1, 0.15) is 0 Å². The van der Waals surface area contributed by atoms with Crippen molar-refractivity contribution >= 4 is 0 Å². The summed E-state index contributed by atoms with van der Waals surface area (Å²) in [4.78, 5) is 0. The second kappa shape index (κ2) is 8.35. The van der Waals surface area contributed by atoms with E-state index in [0.717, 1.165) is 38.9 Å². The maximum atomic E-state index is 5.66. The fraction of sp³-hybridized carbons (Fsp3) is 0.533. The van der Waals surface area contributed by atoms with E-state index in [1.54, 1.807) is 0 Å². The van der Waals surface area contributed by atoms with Crippen molar-refractivity contribution in [2.24, 2.45) is 0 Å². The Morgan fingerprint density at radius 1 is 1.06 bits per heavy atom. The number of hydrogen-bond acceptors (Lipinski definition) is 1. The van der Waals surface area contributed by atoms with Crippen molar-refractivity contribution < 1.29 is 4.74 Å². The van der Waals surface area contributed by atoms with Gasteiger partial charge in [0.2, 0.25) is 0 Å². The number of aryl methyl sites for hydroxylation is 1. The van der Waals surface area contributed by atoms with Crippen molar-refractivity contribution in [3.8, 4) is 0 Å². The van der Waals surface area contributed by atoms with Crippen molar-refractivity contribution in [1.29, 1.82) is 0 Å². The smallest absolute Gasteiger partial charge is 0.0528 e. The highest BCUT2D eigenvalue weighted by Crippen LogP contribution is 2.10. The highest BCUT2D eigenvalue weighted by Gasteiger charge is 2.03. The van der Waals surface area contributed by atoms with Crippen LogP contribution in [0.2, 0.25) is 0 Å². The van der Waals surface area contributed by atoms with Crippen LogP contribution in [0.1, 0.15) is 38.7 Å². The van der Waals surface area contributed by atoms with Gasteiger partial charge >= 0.3 is 0 Å². The average Bonchev–Trinajstić information content (AvgIpc) is 2.35. The second-order valence-corrected chi connectivity index (χ2v) is 4.10. The first-order valence-electron chi connectivity index (χ1n) is 6.32. The highest BCUT2D eigenvalue weighted by atomic mass is 16.5. The summed E-state index contributed by atoms with van der Waals surface area (Å²) >= 11 is 0. The van der Waals surface area contributed by atoms with Crippen LogP contribution in [0.5, 0.6) is 0 Å². The first-order chi connectivity index (χ1) is 7.86. The van der Waals surface area contributed by atoms with Gasteiger partial charge in [-0.15, -0.1) is 0 Å². The lowest BCUT2D eigenvalue weighted by molar-refractivity contribution is 0.137. The molecule has 89 valence electrons. The van der Waals surface area contributed by atoms with E-state index < -0.39 is 0 Å². The van der Waals surface area contributed by atoms with Crippen LogP contribution in [-0.2, 0) is 11.2 Å². The molecule has 0 aliphatic heterocycles. The molecule has 0 saturated carbocycles. The number of rotatable bonds is 8. The second-order valence-electron chi connectivity index (χ2n) is 4.10. The molecule has 0 spiro atoms. The van der Waals surface area contributed by atoms with Crippen LogP contribution in [0, 0.1) is 5.92 Å². The number of benzene rings is 1. The summed E-state index contributed by atoms with van der Waals surface area (Å²) in [6, 6.07) is 10.6. The van der Waals surface area contributed by atoms with Crippen LogP contribution in [-0.4, -0.2) is 13.2 Å². The lowest BCUT2D eigenvalue weighted by atomic mass is 10.1. The molecular formula is C15H23O. The van der Waals surface area contributed by atoms with Gasteiger partial charge in [-0.1, -0.05) is 44.2 Å². The number of hydrogen-bond donors (Lipinski definition) is 0. The van der Waals surface area contributed by atoms with Gasteiger partial charge in [0.15, 0.2) is 0 Å². The van der Waals surface area contributed by atoms with Crippen molar-refractivity contribution in [2.75, 3.05) is 13.2 Å². The molecule has 16 heavy (non-hydrogen) atoms. The molecule has 0 heterocycles. The molecule has 1 heteroatoms. The highest BCUT2D eigenvalue weighted by molar-refractivity contribution is 5.14. The molecule has 0 unspecified atom stereocenters. The fourth-order valence-corrected chi connectivity index (χ4v) is 1.69. The molecule has 0 amide bonds. The minimum absolute atomic E-state index is 0.849. The van der Waals surface area contributed by atoms with Crippen LogP contribution in [0.4, 0.5) is 0 Å². The molecule has 1 nitrogen and oxygen atoms in total. The van der Waals surface area contributed by atoms with Gasteiger partial charge in [-0.2, -0.15) is 0 Å². The molecule has 0 aliphatic carbocycles. The zero-order chi connectivity index (χ0) is 11.6. The third-order valence-corrected chi connectivity index (χ3v) is 2.90. The minimum atomic E-state index is 0.849. The third-order valence-electron chi connectivity index (χ3n) is 2.90. The van der Waals surface area contributed by atoms with E-state index in [4.69, 9.17) is 4.74 Å². The van der Waals surface area contributed by atoms with E-state index in [0.29, 0.717) is 0 Å². The fourth-order valence-electron chi connectivity index (χ4n) is 1.69. The van der Waals surface area contributed by atoms with E-state index in [2.05, 4.69) is 44.2 Å². The molecule has 0 aliphatic rings. The summed E-state index contributed by atoms with van der Waals surface area (Å²) in [5.74, 6) is 1.51. The van der Waals surface area contributed by atoms with E-state index in [1.807, 2.05) is 0 Å². The topological polar surface area (TPSA) is 9.23 Å². The Morgan fingerprint density at radius 2 is 1.75 bits per heavy atom. The van der Waals surface area contributed by atoms with E-state index >= 15 is 0 Å². The molecule has 0 N–H and O–H groups in total.